The van der Waals surface area contributed by atoms with Crippen LogP contribution in [0.3, 0.4) is 0 Å². The Morgan fingerprint density at radius 2 is 2.00 bits per heavy atom. The zero-order valence-corrected chi connectivity index (χ0v) is 4.90. The lowest BCUT2D eigenvalue weighted by molar-refractivity contribution is -0.116. The second-order valence-electron chi connectivity index (χ2n) is 1.78. The molecule has 3 N–H and O–H groups in total. The summed E-state index contributed by atoms with van der Waals surface area (Å²) in [6.07, 6.45) is -1.93. The molecule has 0 aromatic rings. The molecule has 0 spiro atoms. The molecule has 4 heteroatoms. The molecule has 9 heavy (non-hydrogen) atoms. The van der Waals surface area contributed by atoms with Gasteiger partial charge in [0, 0.05) is 6.42 Å². The fourth-order valence-electron chi connectivity index (χ4n) is 0.409. The van der Waals surface area contributed by atoms with Crippen molar-refractivity contribution in [2.24, 2.45) is 0 Å². The fraction of sp³-hybridized carbons (Fsp3) is 0.800. The largest absolute Gasteiger partial charge is 0.394 e. The van der Waals surface area contributed by atoms with Crippen molar-refractivity contribution < 1.29 is 20.1 Å². The number of rotatable bonds is 4. The summed E-state index contributed by atoms with van der Waals surface area (Å²) in [7, 11) is 0. The minimum Gasteiger partial charge on any atom is -0.394 e. The molecule has 0 aliphatic carbocycles. The van der Waals surface area contributed by atoms with Crippen LogP contribution in [0.2, 0.25) is 0 Å². The fourth-order valence-corrected chi connectivity index (χ4v) is 0.409. The van der Waals surface area contributed by atoms with Crippen molar-refractivity contribution in [1.82, 2.24) is 0 Å². The number of aliphatic hydroxyl groups is 3. The van der Waals surface area contributed by atoms with E-state index in [2.05, 4.69) is 0 Å². The highest BCUT2D eigenvalue weighted by Gasteiger charge is 2.08. The van der Waals surface area contributed by atoms with E-state index in [0.29, 0.717) is 6.29 Å². The highest BCUT2D eigenvalue weighted by atomic mass is 16.3. The van der Waals surface area contributed by atoms with Crippen molar-refractivity contribution in [2.45, 2.75) is 18.6 Å². The van der Waals surface area contributed by atoms with E-state index in [0.717, 1.165) is 0 Å². The van der Waals surface area contributed by atoms with E-state index in [9.17, 15) is 4.79 Å². The summed E-state index contributed by atoms with van der Waals surface area (Å²) >= 11 is 0. The van der Waals surface area contributed by atoms with Crippen molar-refractivity contribution in [1.29, 1.82) is 0 Å². The maximum Gasteiger partial charge on any atom is 0.148 e. The van der Waals surface area contributed by atoms with Gasteiger partial charge in [0.1, 0.15) is 12.4 Å². The minimum atomic E-state index is -1.16. The summed E-state index contributed by atoms with van der Waals surface area (Å²) in [5.41, 5.74) is 0. The van der Waals surface area contributed by atoms with Gasteiger partial charge in [0.25, 0.3) is 0 Å². The van der Waals surface area contributed by atoms with Gasteiger partial charge in [-0.3, -0.25) is 0 Å². The van der Waals surface area contributed by atoms with Gasteiger partial charge in [-0.2, -0.15) is 0 Å². The number of hydrogen-bond acceptors (Lipinski definition) is 4. The molecule has 0 fully saturated rings. The van der Waals surface area contributed by atoms with Crippen molar-refractivity contribution in [3.8, 4) is 0 Å². The molecule has 0 unspecified atom stereocenters. The van der Waals surface area contributed by atoms with Gasteiger partial charge in [0.05, 0.1) is 12.7 Å². The maximum absolute atomic E-state index is 9.71. The molecule has 0 saturated carbocycles. The van der Waals surface area contributed by atoms with Crippen LogP contribution in [0, 0.1) is 0 Å². The van der Waals surface area contributed by atoms with Crippen LogP contribution in [0.25, 0.3) is 0 Å². The van der Waals surface area contributed by atoms with Crippen molar-refractivity contribution in [3.63, 3.8) is 0 Å². The quantitative estimate of drug-likeness (QED) is 0.400. The molecular formula is C5H10O4. The number of aliphatic hydroxyl groups excluding tert-OH is 3. The van der Waals surface area contributed by atoms with Crippen LogP contribution in [0.15, 0.2) is 0 Å². The number of carbonyl (C=O) groups is 1. The number of carbonyl (C=O) groups excluding carboxylic acids is 1. The lowest BCUT2D eigenvalue weighted by Gasteiger charge is -2.06. The molecular weight excluding hydrogens is 124 g/mol. The Morgan fingerprint density at radius 1 is 1.44 bits per heavy atom. The first-order valence-corrected chi connectivity index (χ1v) is 2.63. The molecule has 0 aliphatic rings. The van der Waals surface area contributed by atoms with Crippen LogP contribution in [0.5, 0.6) is 0 Å². The van der Waals surface area contributed by atoms with Gasteiger partial charge in [-0.15, -0.1) is 0 Å². The van der Waals surface area contributed by atoms with Crippen LogP contribution in [-0.2, 0) is 4.79 Å². The minimum absolute atomic E-state index is 0.0972. The Bertz CT molecular complexity index is 83.0. The SMILES string of the molecule is O=C[C@@H](O)C[C@H](O)CO. The second-order valence-corrected chi connectivity index (χ2v) is 1.78. The van der Waals surface area contributed by atoms with Crippen LogP contribution >= 0.6 is 0 Å². The van der Waals surface area contributed by atoms with Gasteiger partial charge in [-0.25, -0.2) is 0 Å². The molecule has 2 atom stereocenters. The molecule has 0 radical (unpaired) electrons. The lowest BCUT2D eigenvalue weighted by Crippen LogP contribution is -2.21. The van der Waals surface area contributed by atoms with Gasteiger partial charge in [0.15, 0.2) is 0 Å². The number of aldehydes is 1. The molecule has 0 amide bonds. The topological polar surface area (TPSA) is 77.8 Å². The molecule has 0 aliphatic heterocycles. The summed E-state index contributed by atoms with van der Waals surface area (Å²) in [6, 6.07) is 0. The van der Waals surface area contributed by atoms with Crippen molar-refractivity contribution in [3.05, 3.63) is 0 Å². The Hall–Kier alpha value is -0.450. The van der Waals surface area contributed by atoms with E-state index in [4.69, 9.17) is 15.3 Å². The smallest absolute Gasteiger partial charge is 0.148 e. The van der Waals surface area contributed by atoms with Crippen molar-refractivity contribution in [2.75, 3.05) is 6.61 Å². The van der Waals surface area contributed by atoms with E-state index in [-0.39, 0.29) is 6.42 Å². The Kier molecular flexibility index (Phi) is 4.21. The molecule has 0 saturated heterocycles. The zero-order chi connectivity index (χ0) is 7.28. The zero-order valence-electron chi connectivity index (χ0n) is 4.90. The summed E-state index contributed by atoms with van der Waals surface area (Å²) < 4.78 is 0. The van der Waals surface area contributed by atoms with E-state index < -0.39 is 18.8 Å². The average molecular weight is 134 g/mol. The third kappa shape index (κ3) is 4.08. The first kappa shape index (κ1) is 8.55. The Labute approximate surface area is 52.7 Å². The molecule has 0 heterocycles. The predicted molar refractivity (Wildman–Crippen MR) is 29.8 cm³/mol. The first-order chi connectivity index (χ1) is 4.20. The van der Waals surface area contributed by atoms with Gasteiger partial charge >= 0.3 is 0 Å². The molecule has 54 valence electrons. The molecule has 4 nitrogen and oxygen atoms in total. The summed E-state index contributed by atoms with van der Waals surface area (Å²) in [5.74, 6) is 0. The number of hydrogen-bond donors (Lipinski definition) is 3. The average Bonchev–Trinajstić information content (AvgIpc) is 1.87. The normalized spacial score (nSPS) is 16.8. The summed E-state index contributed by atoms with van der Waals surface area (Å²) in [6.45, 7) is -0.426. The predicted octanol–water partition coefficient (Wildman–Crippen LogP) is -1.71. The Balaban J connectivity index is 3.33. The van der Waals surface area contributed by atoms with E-state index >= 15 is 0 Å². The van der Waals surface area contributed by atoms with Crippen LogP contribution in [0.4, 0.5) is 0 Å². The molecule has 0 bridgehead atoms. The lowest BCUT2D eigenvalue weighted by atomic mass is 10.2. The molecule has 0 aromatic heterocycles. The van der Waals surface area contributed by atoms with E-state index in [1.807, 2.05) is 0 Å². The van der Waals surface area contributed by atoms with Crippen LogP contribution < -0.4 is 0 Å². The van der Waals surface area contributed by atoms with E-state index in [1.54, 1.807) is 0 Å². The van der Waals surface area contributed by atoms with Gasteiger partial charge in [0.2, 0.25) is 0 Å². The maximum atomic E-state index is 9.71. The monoisotopic (exact) mass is 134 g/mol. The highest BCUT2D eigenvalue weighted by Crippen LogP contribution is 1.93. The van der Waals surface area contributed by atoms with Crippen LogP contribution in [-0.4, -0.2) is 40.4 Å². The van der Waals surface area contributed by atoms with Gasteiger partial charge in [-0.05, 0) is 0 Å². The standard InChI is InChI=1S/C5H10O4/c6-2-4(8)1-5(9)3-7/h2,4-5,7-9H,1,3H2/t4-,5-/m0/s1. The van der Waals surface area contributed by atoms with Gasteiger partial charge < -0.3 is 20.1 Å². The summed E-state index contributed by atoms with van der Waals surface area (Å²) in [4.78, 5) is 9.71. The highest BCUT2D eigenvalue weighted by molar-refractivity contribution is 5.55. The molecule has 0 aromatic carbocycles. The van der Waals surface area contributed by atoms with E-state index in [1.165, 1.54) is 0 Å². The van der Waals surface area contributed by atoms with Crippen LogP contribution in [0.1, 0.15) is 6.42 Å². The second kappa shape index (κ2) is 4.43. The third-order valence-electron chi connectivity index (χ3n) is 0.881. The van der Waals surface area contributed by atoms with Gasteiger partial charge in [-0.1, -0.05) is 0 Å². The Morgan fingerprint density at radius 3 is 2.33 bits per heavy atom. The first-order valence-electron chi connectivity index (χ1n) is 2.63. The third-order valence-corrected chi connectivity index (χ3v) is 0.881. The van der Waals surface area contributed by atoms with Crippen molar-refractivity contribution >= 4 is 6.29 Å². The summed E-state index contributed by atoms with van der Waals surface area (Å²) in [5, 5.41) is 25.3. The molecule has 0 rings (SSSR count).